The monoisotopic (exact) mass is 277 g/mol. The first-order chi connectivity index (χ1) is 9.65. The summed E-state index contributed by atoms with van der Waals surface area (Å²) in [5.41, 5.74) is 0.116. The molecule has 1 heterocycles. The number of amides is 1. The normalized spacial score (nSPS) is 11.6. The number of aliphatic carboxylic acids is 1. The molecule has 0 unspecified atom stereocenters. The van der Waals surface area contributed by atoms with Crippen molar-refractivity contribution in [3.8, 4) is 0 Å². The minimum atomic E-state index is -1.04. The van der Waals surface area contributed by atoms with Crippen LogP contribution in [0.15, 0.2) is 31.2 Å². The smallest absolute Gasteiger partial charge is 0.326 e. The Bertz CT molecular complexity index is 448. The summed E-state index contributed by atoms with van der Waals surface area (Å²) in [5, 5.41) is 11.6. The average molecular weight is 277 g/mol. The number of unbranched alkanes of at least 4 members (excludes halogenated alkanes) is 3. The van der Waals surface area contributed by atoms with Gasteiger partial charge in [0.05, 0.1) is 6.20 Å². The molecular weight excluding hydrogens is 258 g/mol. The largest absolute Gasteiger partial charge is 0.480 e. The van der Waals surface area contributed by atoms with Crippen LogP contribution in [0.4, 0.5) is 0 Å². The van der Waals surface area contributed by atoms with Crippen molar-refractivity contribution in [2.75, 3.05) is 0 Å². The first kappa shape index (κ1) is 15.8. The summed E-state index contributed by atoms with van der Waals surface area (Å²) >= 11 is 0. The van der Waals surface area contributed by atoms with Gasteiger partial charge < -0.3 is 10.4 Å². The van der Waals surface area contributed by atoms with Crippen molar-refractivity contribution in [2.45, 2.75) is 38.1 Å². The van der Waals surface area contributed by atoms with Gasteiger partial charge in [-0.1, -0.05) is 18.9 Å². The summed E-state index contributed by atoms with van der Waals surface area (Å²) in [7, 11) is 0. The number of nitrogens with zero attached hydrogens (tertiary/aromatic N) is 2. The second-order valence-corrected chi connectivity index (χ2v) is 4.38. The Morgan fingerprint density at radius 2 is 2.15 bits per heavy atom. The molecule has 6 nitrogen and oxygen atoms in total. The van der Waals surface area contributed by atoms with Crippen LogP contribution in [0.25, 0.3) is 0 Å². The Kier molecular flexibility index (Phi) is 6.95. The van der Waals surface area contributed by atoms with Crippen molar-refractivity contribution in [3.63, 3.8) is 0 Å². The Hall–Kier alpha value is -2.24. The van der Waals surface area contributed by atoms with E-state index in [1.165, 1.54) is 18.6 Å². The SMILES string of the molecule is C=CCCCCC[C@H](NC(=O)c1cnccn1)C(=O)O. The molecule has 0 aliphatic rings. The number of carbonyl (C=O) groups excluding carboxylic acids is 1. The van der Waals surface area contributed by atoms with E-state index in [-0.39, 0.29) is 5.69 Å². The Morgan fingerprint density at radius 1 is 1.35 bits per heavy atom. The predicted molar refractivity (Wildman–Crippen MR) is 74.2 cm³/mol. The highest BCUT2D eigenvalue weighted by Crippen LogP contribution is 2.07. The minimum Gasteiger partial charge on any atom is -0.480 e. The number of aromatic nitrogens is 2. The van der Waals surface area contributed by atoms with Gasteiger partial charge in [-0.25, -0.2) is 9.78 Å². The zero-order chi connectivity index (χ0) is 14.8. The van der Waals surface area contributed by atoms with Gasteiger partial charge in [0.15, 0.2) is 0 Å². The van der Waals surface area contributed by atoms with E-state index in [1.807, 2.05) is 6.08 Å². The van der Waals surface area contributed by atoms with Gasteiger partial charge in [-0.05, 0) is 19.3 Å². The van der Waals surface area contributed by atoms with E-state index in [0.717, 1.165) is 25.7 Å². The van der Waals surface area contributed by atoms with Crippen LogP contribution in [0.1, 0.15) is 42.6 Å². The van der Waals surface area contributed by atoms with E-state index in [9.17, 15) is 9.59 Å². The van der Waals surface area contributed by atoms with E-state index in [1.54, 1.807) is 0 Å². The first-order valence-electron chi connectivity index (χ1n) is 6.55. The second kappa shape index (κ2) is 8.79. The molecule has 20 heavy (non-hydrogen) atoms. The molecule has 0 aliphatic heterocycles. The molecule has 1 aromatic rings. The molecule has 0 spiro atoms. The number of carboxylic acids is 1. The van der Waals surface area contributed by atoms with Crippen molar-refractivity contribution in [1.82, 2.24) is 15.3 Å². The quantitative estimate of drug-likeness (QED) is 0.530. The van der Waals surface area contributed by atoms with Crippen LogP contribution >= 0.6 is 0 Å². The summed E-state index contributed by atoms with van der Waals surface area (Å²) < 4.78 is 0. The zero-order valence-electron chi connectivity index (χ0n) is 11.3. The van der Waals surface area contributed by atoms with Gasteiger partial charge in [0.25, 0.3) is 5.91 Å². The lowest BCUT2D eigenvalue weighted by Gasteiger charge is -2.13. The Morgan fingerprint density at radius 3 is 2.75 bits per heavy atom. The van der Waals surface area contributed by atoms with Crippen molar-refractivity contribution < 1.29 is 14.7 Å². The average Bonchev–Trinajstić information content (AvgIpc) is 2.46. The molecule has 0 saturated heterocycles. The molecule has 2 N–H and O–H groups in total. The number of allylic oxidation sites excluding steroid dienone is 1. The molecule has 1 atom stereocenters. The van der Waals surface area contributed by atoms with Crippen LogP contribution in [0.5, 0.6) is 0 Å². The van der Waals surface area contributed by atoms with Gasteiger partial charge >= 0.3 is 5.97 Å². The lowest BCUT2D eigenvalue weighted by molar-refractivity contribution is -0.139. The van der Waals surface area contributed by atoms with Gasteiger partial charge in [0.1, 0.15) is 11.7 Å². The summed E-state index contributed by atoms with van der Waals surface area (Å²) in [6.07, 6.45) is 9.94. The highest BCUT2D eigenvalue weighted by Gasteiger charge is 2.20. The van der Waals surface area contributed by atoms with Gasteiger partial charge in [0, 0.05) is 12.4 Å². The summed E-state index contributed by atoms with van der Waals surface area (Å²) in [5.74, 6) is -1.55. The van der Waals surface area contributed by atoms with Crippen LogP contribution < -0.4 is 5.32 Å². The third-order valence-corrected chi connectivity index (χ3v) is 2.80. The van der Waals surface area contributed by atoms with Crippen LogP contribution in [0, 0.1) is 0 Å². The maximum Gasteiger partial charge on any atom is 0.326 e. The van der Waals surface area contributed by atoms with Crippen molar-refractivity contribution >= 4 is 11.9 Å². The fourth-order valence-electron chi connectivity index (χ4n) is 1.72. The van der Waals surface area contributed by atoms with Crippen molar-refractivity contribution in [2.24, 2.45) is 0 Å². The van der Waals surface area contributed by atoms with E-state index in [2.05, 4.69) is 21.9 Å². The fraction of sp³-hybridized carbons (Fsp3) is 0.429. The van der Waals surface area contributed by atoms with Crippen molar-refractivity contribution in [1.29, 1.82) is 0 Å². The minimum absolute atomic E-state index is 0.116. The van der Waals surface area contributed by atoms with Crippen LogP contribution in [0.2, 0.25) is 0 Å². The van der Waals surface area contributed by atoms with Gasteiger partial charge in [-0.2, -0.15) is 0 Å². The number of nitrogens with one attached hydrogen (secondary N) is 1. The third kappa shape index (κ3) is 5.60. The zero-order valence-corrected chi connectivity index (χ0v) is 11.3. The molecular formula is C14H19N3O3. The van der Waals surface area contributed by atoms with Crippen LogP contribution in [0.3, 0.4) is 0 Å². The molecule has 0 fully saturated rings. The molecule has 6 heteroatoms. The number of hydrogen-bond donors (Lipinski definition) is 2. The number of carboxylic acid groups (broad SMARTS) is 1. The topological polar surface area (TPSA) is 92.2 Å². The maximum absolute atomic E-state index is 11.8. The Labute approximate surface area is 117 Å². The summed E-state index contributed by atoms with van der Waals surface area (Å²) in [6.45, 7) is 3.63. The number of hydrogen-bond acceptors (Lipinski definition) is 4. The molecule has 0 aromatic carbocycles. The van der Waals surface area contributed by atoms with E-state index >= 15 is 0 Å². The van der Waals surface area contributed by atoms with Crippen LogP contribution in [-0.4, -0.2) is 33.0 Å². The molecule has 108 valence electrons. The lowest BCUT2D eigenvalue weighted by Crippen LogP contribution is -2.41. The molecule has 1 amide bonds. The van der Waals surface area contributed by atoms with E-state index in [4.69, 9.17) is 5.11 Å². The Balaban J connectivity index is 2.44. The highest BCUT2D eigenvalue weighted by atomic mass is 16.4. The molecule has 0 radical (unpaired) electrons. The van der Waals surface area contributed by atoms with E-state index < -0.39 is 17.9 Å². The predicted octanol–water partition coefficient (Wildman–Crippen LogP) is 1.80. The highest BCUT2D eigenvalue weighted by molar-refractivity contribution is 5.94. The molecule has 0 bridgehead atoms. The molecule has 1 aromatic heterocycles. The summed E-state index contributed by atoms with van der Waals surface area (Å²) in [4.78, 5) is 30.5. The molecule has 1 rings (SSSR count). The third-order valence-electron chi connectivity index (χ3n) is 2.80. The number of carbonyl (C=O) groups is 2. The summed E-state index contributed by atoms with van der Waals surface area (Å²) in [6, 6.07) is -0.895. The second-order valence-electron chi connectivity index (χ2n) is 4.38. The van der Waals surface area contributed by atoms with E-state index in [0.29, 0.717) is 6.42 Å². The molecule has 0 saturated carbocycles. The van der Waals surface area contributed by atoms with Gasteiger partial charge in [-0.3, -0.25) is 9.78 Å². The van der Waals surface area contributed by atoms with Gasteiger partial charge in [0.2, 0.25) is 0 Å². The standard InChI is InChI=1S/C14H19N3O3/c1-2-3-4-5-6-7-11(14(19)20)17-13(18)12-10-15-8-9-16-12/h2,8-11H,1,3-7H2,(H,17,18)(H,19,20)/t11-/m0/s1. The van der Waals surface area contributed by atoms with Crippen molar-refractivity contribution in [3.05, 3.63) is 36.9 Å². The first-order valence-corrected chi connectivity index (χ1v) is 6.55. The lowest BCUT2D eigenvalue weighted by atomic mass is 10.1. The van der Waals surface area contributed by atoms with Gasteiger partial charge in [-0.15, -0.1) is 6.58 Å². The fourth-order valence-corrected chi connectivity index (χ4v) is 1.72. The van der Waals surface area contributed by atoms with Crippen LogP contribution in [-0.2, 0) is 4.79 Å². The molecule has 0 aliphatic carbocycles. The number of rotatable bonds is 9. The maximum atomic E-state index is 11.8.